The van der Waals surface area contributed by atoms with E-state index in [1.54, 1.807) is 6.07 Å². The van der Waals surface area contributed by atoms with E-state index in [9.17, 15) is 9.59 Å². The molecule has 2 rings (SSSR count). The van der Waals surface area contributed by atoms with Crippen LogP contribution in [-0.2, 0) is 9.59 Å². The molecule has 0 unspecified atom stereocenters. The van der Waals surface area contributed by atoms with Gasteiger partial charge < -0.3 is 15.2 Å². The summed E-state index contributed by atoms with van der Waals surface area (Å²) in [5.41, 5.74) is 1.64. The highest BCUT2D eigenvalue weighted by Gasteiger charge is 2.23. The van der Waals surface area contributed by atoms with Gasteiger partial charge in [0.25, 0.3) is 5.91 Å². The van der Waals surface area contributed by atoms with Crippen LogP contribution in [0.3, 0.4) is 0 Å². The van der Waals surface area contributed by atoms with Crippen molar-refractivity contribution in [2.45, 2.75) is 25.8 Å². The second-order valence-electron chi connectivity index (χ2n) is 4.84. The first-order valence-electron chi connectivity index (χ1n) is 6.48. The van der Waals surface area contributed by atoms with Crippen molar-refractivity contribution in [3.8, 4) is 5.75 Å². The maximum atomic E-state index is 11.6. The fourth-order valence-corrected chi connectivity index (χ4v) is 1.73. The summed E-state index contributed by atoms with van der Waals surface area (Å²) in [6, 6.07) is 5.71. The van der Waals surface area contributed by atoms with Crippen molar-refractivity contribution in [3.63, 3.8) is 0 Å². The lowest BCUT2D eigenvalue weighted by molar-refractivity contribution is -0.131. The first-order chi connectivity index (χ1) is 9.54. The van der Waals surface area contributed by atoms with Gasteiger partial charge >= 0.3 is 5.97 Å². The van der Waals surface area contributed by atoms with Crippen LogP contribution in [0.15, 0.2) is 24.3 Å². The lowest BCUT2D eigenvalue weighted by Gasteiger charge is -2.10. The maximum absolute atomic E-state index is 11.6. The van der Waals surface area contributed by atoms with E-state index < -0.39 is 5.97 Å². The highest BCUT2D eigenvalue weighted by Crippen LogP contribution is 2.22. The summed E-state index contributed by atoms with van der Waals surface area (Å²) in [7, 11) is 0. The largest absolute Gasteiger partial charge is 0.483 e. The molecule has 1 saturated carbocycles. The molecule has 0 aromatic heterocycles. The topological polar surface area (TPSA) is 75.6 Å². The van der Waals surface area contributed by atoms with Gasteiger partial charge in [0.05, 0.1) is 0 Å². The zero-order valence-electron chi connectivity index (χ0n) is 11.3. The Bertz CT molecular complexity index is 547. The molecule has 0 bridgehead atoms. The van der Waals surface area contributed by atoms with Gasteiger partial charge in [0.15, 0.2) is 6.61 Å². The molecule has 2 N–H and O–H groups in total. The molecule has 106 valence electrons. The van der Waals surface area contributed by atoms with E-state index in [0.29, 0.717) is 17.4 Å². The smallest absolute Gasteiger partial charge is 0.328 e. The molecule has 0 heterocycles. The number of hydrogen-bond acceptors (Lipinski definition) is 3. The van der Waals surface area contributed by atoms with Crippen LogP contribution in [0.1, 0.15) is 24.0 Å². The predicted octanol–water partition coefficient (Wildman–Crippen LogP) is 1.75. The van der Waals surface area contributed by atoms with E-state index in [4.69, 9.17) is 9.84 Å². The maximum Gasteiger partial charge on any atom is 0.328 e. The van der Waals surface area contributed by atoms with Crippen LogP contribution in [0, 0.1) is 6.92 Å². The summed E-state index contributed by atoms with van der Waals surface area (Å²) in [6.45, 7) is 1.84. The molecule has 5 heteroatoms. The molecule has 0 aliphatic heterocycles. The van der Waals surface area contributed by atoms with Crippen LogP contribution in [0.25, 0.3) is 6.08 Å². The molecular formula is C15H17NO4. The Labute approximate surface area is 117 Å². The van der Waals surface area contributed by atoms with E-state index in [-0.39, 0.29) is 12.5 Å². The standard InChI is InChI=1S/C15H17NO4/c1-10-2-6-13(11(8-10)3-7-15(18)19)20-9-14(17)16-12-4-5-12/h2-3,6-8,12H,4-5,9H2,1H3,(H,16,17)(H,18,19). The van der Waals surface area contributed by atoms with Gasteiger partial charge in [0, 0.05) is 17.7 Å². The lowest BCUT2D eigenvalue weighted by atomic mass is 10.1. The molecule has 5 nitrogen and oxygen atoms in total. The van der Waals surface area contributed by atoms with Crippen molar-refractivity contribution in [2.24, 2.45) is 0 Å². The number of hydrogen-bond donors (Lipinski definition) is 2. The Morgan fingerprint density at radius 2 is 2.20 bits per heavy atom. The normalized spacial score (nSPS) is 14.2. The summed E-state index contributed by atoms with van der Waals surface area (Å²) in [4.78, 5) is 22.1. The minimum Gasteiger partial charge on any atom is -0.483 e. The van der Waals surface area contributed by atoms with Crippen LogP contribution in [0.2, 0.25) is 0 Å². The van der Waals surface area contributed by atoms with E-state index >= 15 is 0 Å². The number of carboxylic acids is 1. The van der Waals surface area contributed by atoms with Crippen molar-refractivity contribution < 1.29 is 19.4 Å². The van der Waals surface area contributed by atoms with Crippen LogP contribution >= 0.6 is 0 Å². The molecule has 1 amide bonds. The zero-order chi connectivity index (χ0) is 14.5. The van der Waals surface area contributed by atoms with Crippen LogP contribution in [-0.4, -0.2) is 29.6 Å². The summed E-state index contributed by atoms with van der Waals surface area (Å²) >= 11 is 0. The molecule has 1 fully saturated rings. The van der Waals surface area contributed by atoms with E-state index in [2.05, 4.69) is 5.32 Å². The van der Waals surface area contributed by atoms with Crippen molar-refractivity contribution in [1.29, 1.82) is 0 Å². The van der Waals surface area contributed by atoms with Crippen molar-refractivity contribution in [3.05, 3.63) is 35.4 Å². The average Bonchev–Trinajstić information content (AvgIpc) is 3.19. The van der Waals surface area contributed by atoms with E-state index in [1.807, 2.05) is 19.1 Å². The monoisotopic (exact) mass is 275 g/mol. The van der Waals surface area contributed by atoms with E-state index in [0.717, 1.165) is 24.5 Å². The number of carbonyl (C=O) groups excluding carboxylic acids is 1. The minimum atomic E-state index is -1.02. The van der Waals surface area contributed by atoms with Gasteiger partial charge in [-0.1, -0.05) is 11.6 Å². The molecule has 1 aliphatic rings. The SMILES string of the molecule is Cc1ccc(OCC(=O)NC2CC2)c(C=CC(=O)O)c1. The quantitative estimate of drug-likeness (QED) is 0.776. The summed E-state index contributed by atoms with van der Waals surface area (Å²) in [5.74, 6) is -0.677. The lowest BCUT2D eigenvalue weighted by Crippen LogP contribution is -2.30. The fraction of sp³-hybridized carbons (Fsp3) is 0.333. The number of benzene rings is 1. The highest BCUT2D eigenvalue weighted by molar-refractivity contribution is 5.86. The summed E-state index contributed by atoms with van der Waals surface area (Å²) < 4.78 is 5.46. The van der Waals surface area contributed by atoms with Crippen LogP contribution < -0.4 is 10.1 Å². The Hall–Kier alpha value is -2.30. The number of carbonyl (C=O) groups is 2. The van der Waals surface area contributed by atoms with Crippen molar-refractivity contribution in [2.75, 3.05) is 6.61 Å². The van der Waals surface area contributed by atoms with Gasteiger partial charge in [-0.3, -0.25) is 4.79 Å². The molecule has 0 atom stereocenters. The number of aliphatic carboxylic acids is 1. The first kappa shape index (κ1) is 14.1. The van der Waals surface area contributed by atoms with E-state index in [1.165, 1.54) is 6.08 Å². The summed E-state index contributed by atoms with van der Waals surface area (Å²) in [5, 5.41) is 11.5. The molecule has 0 spiro atoms. The first-order valence-corrected chi connectivity index (χ1v) is 6.48. The number of aryl methyl sites for hydroxylation is 1. The highest BCUT2D eigenvalue weighted by atomic mass is 16.5. The third-order valence-corrected chi connectivity index (χ3v) is 2.87. The van der Waals surface area contributed by atoms with Gasteiger partial charge in [0.1, 0.15) is 5.75 Å². The van der Waals surface area contributed by atoms with Gasteiger partial charge in [-0.15, -0.1) is 0 Å². The number of amides is 1. The van der Waals surface area contributed by atoms with Crippen LogP contribution in [0.5, 0.6) is 5.75 Å². The van der Waals surface area contributed by atoms with Gasteiger partial charge in [-0.25, -0.2) is 4.79 Å². The minimum absolute atomic E-state index is 0.0620. The third kappa shape index (κ3) is 4.42. The molecular weight excluding hydrogens is 258 g/mol. The molecule has 1 aromatic carbocycles. The molecule has 0 saturated heterocycles. The Morgan fingerprint density at radius 3 is 2.85 bits per heavy atom. The van der Waals surface area contributed by atoms with Crippen LogP contribution in [0.4, 0.5) is 0 Å². The predicted molar refractivity (Wildman–Crippen MR) is 74.5 cm³/mol. The Kier molecular flexibility index (Phi) is 4.40. The summed E-state index contributed by atoms with van der Waals surface area (Å²) in [6.07, 6.45) is 4.57. The molecule has 0 radical (unpaired) electrons. The molecule has 1 aromatic rings. The van der Waals surface area contributed by atoms with Gasteiger partial charge in [-0.05, 0) is 38.0 Å². The average molecular weight is 275 g/mol. The van der Waals surface area contributed by atoms with Crippen molar-refractivity contribution in [1.82, 2.24) is 5.32 Å². The number of ether oxygens (including phenoxy) is 1. The number of nitrogens with one attached hydrogen (secondary N) is 1. The molecule has 20 heavy (non-hydrogen) atoms. The van der Waals surface area contributed by atoms with Gasteiger partial charge in [-0.2, -0.15) is 0 Å². The second-order valence-corrected chi connectivity index (χ2v) is 4.84. The third-order valence-electron chi connectivity index (χ3n) is 2.87. The fourth-order valence-electron chi connectivity index (χ4n) is 1.73. The molecule has 1 aliphatic carbocycles. The Morgan fingerprint density at radius 1 is 1.45 bits per heavy atom. The second kappa shape index (κ2) is 6.23. The number of carboxylic acid groups (broad SMARTS) is 1. The van der Waals surface area contributed by atoms with Gasteiger partial charge in [0.2, 0.25) is 0 Å². The van der Waals surface area contributed by atoms with Crippen molar-refractivity contribution >= 4 is 18.0 Å². The zero-order valence-corrected chi connectivity index (χ0v) is 11.3. The number of rotatable bonds is 6. The Balaban J connectivity index is 2.01.